The first kappa shape index (κ1) is 7.43. The van der Waals surface area contributed by atoms with Crippen LogP contribution in [0.4, 0.5) is 0 Å². The minimum atomic E-state index is -0.0199. The second-order valence-electron chi connectivity index (χ2n) is 1.05. The van der Waals surface area contributed by atoms with E-state index in [2.05, 4.69) is 0 Å². The van der Waals surface area contributed by atoms with E-state index in [-0.39, 0.29) is 5.12 Å². The average Bonchev–Trinajstić information content (AvgIpc) is 1.83. The second-order valence-corrected chi connectivity index (χ2v) is 1.86. The van der Waals surface area contributed by atoms with Crippen molar-refractivity contribution in [1.29, 1.82) is 5.41 Å². The first-order valence-corrected chi connectivity index (χ1v) is 3.29. The summed E-state index contributed by atoms with van der Waals surface area (Å²) in [6, 6.07) is 0. The molecular weight excluding hydrogens is 122 g/mol. The van der Waals surface area contributed by atoms with Gasteiger partial charge >= 0.3 is 0 Å². The van der Waals surface area contributed by atoms with Gasteiger partial charge in [0, 0.05) is 6.21 Å². The molecule has 0 aliphatic heterocycles. The summed E-state index contributed by atoms with van der Waals surface area (Å²) in [6.07, 6.45) is 5.54. The third-order valence-corrected chi connectivity index (χ3v) is 1.07. The highest BCUT2D eigenvalue weighted by molar-refractivity contribution is 8.13. The number of carbonyl (C=O) groups excluding carboxylic acids is 1. The molecule has 0 amide bonds. The molecule has 0 heterocycles. The van der Waals surface area contributed by atoms with E-state index in [1.165, 1.54) is 12.2 Å². The van der Waals surface area contributed by atoms with E-state index in [0.717, 1.165) is 18.0 Å². The Bertz CT molecular complexity index is 120. The fourth-order valence-electron chi connectivity index (χ4n) is 0.195. The molecule has 0 unspecified atom stereocenters. The lowest BCUT2D eigenvalue weighted by Crippen LogP contribution is -1.79. The molecule has 8 heavy (non-hydrogen) atoms. The maximum atomic E-state index is 10.3. The van der Waals surface area contributed by atoms with Crippen LogP contribution in [0.5, 0.6) is 0 Å². The number of hydrogen-bond acceptors (Lipinski definition) is 3. The molecule has 2 nitrogen and oxygen atoms in total. The maximum Gasteiger partial charge on any atom is 0.211 e. The molecule has 0 aliphatic carbocycles. The van der Waals surface area contributed by atoms with E-state index in [1.54, 1.807) is 6.26 Å². The van der Waals surface area contributed by atoms with Crippen LogP contribution in [0.3, 0.4) is 0 Å². The molecule has 0 saturated carbocycles. The largest absolute Gasteiger partial charge is 0.309 e. The molecule has 0 bridgehead atoms. The highest BCUT2D eigenvalue weighted by Crippen LogP contribution is 1.93. The quantitative estimate of drug-likeness (QED) is 0.447. The Labute approximate surface area is 52.5 Å². The molecule has 0 spiro atoms. The molecule has 0 atom stereocenters. The van der Waals surface area contributed by atoms with Crippen LogP contribution in [0, 0.1) is 5.41 Å². The predicted octanol–water partition coefficient (Wildman–Crippen LogP) is 1.08. The summed E-state index contributed by atoms with van der Waals surface area (Å²) in [5, 5.41) is 6.48. The molecule has 0 rings (SSSR count). The summed E-state index contributed by atoms with van der Waals surface area (Å²) in [5.74, 6) is 0. The monoisotopic (exact) mass is 129 g/mol. The summed E-state index contributed by atoms with van der Waals surface area (Å²) in [5.41, 5.74) is 0. The van der Waals surface area contributed by atoms with Gasteiger partial charge in [0.2, 0.25) is 5.12 Å². The zero-order valence-electron chi connectivity index (χ0n) is 4.55. The fourth-order valence-corrected chi connectivity index (χ4v) is 0.409. The Kier molecular flexibility index (Phi) is 4.26. The number of nitrogens with one attached hydrogen (secondary N) is 1. The first-order chi connectivity index (χ1) is 3.81. The van der Waals surface area contributed by atoms with Gasteiger partial charge in [-0.15, -0.1) is 0 Å². The molecule has 44 valence electrons. The van der Waals surface area contributed by atoms with Gasteiger partial charge in [-0.25, -0.2) is 0 Å². The minimum absolute atomic E-state index is 0.0199. The predicted molar refractivity (Wildman–Crippen MR) is 36.4 cm³/mol. The van der Waals surface area contributed by atoms with E-state index >= 15 is 0 Å². The van der Waals surface area contributed by atoms with Crippen molar-refractivity contribution < 1.29 is 4.79 Å². The summed E-state index contributed by atoms with van der Waals surface area (Å²) in [6.45, 7) is 0. The van der Waals surface area contributed by atoms with Crippen LogP contribution in [0.15, 0.2) is 12.2 Å². The van der Waals surface area contributed by atoms with E-state index in [4.69, 9.17) is 5.41 Å². The van der Waals surface area contributed by atoms with Gasteiger partial charge in [0.25, 0.3) is 0 Å². The first-order valence-electron chi connectivity index (χ1n) is 2.06. The van der Waals surface area contributed by atoms with Crippen LogP contribution in [0.1, 0.15) is 0 Å². The lowest BCUT2D eigenvalue weighted by atomic mass is 10.5. The van der Waals surface area contributed by atoms with Crippen molar-refractivity contribution in [2.45, 2.75) is 0 Å². The van der Waals surface area contributed by atoms with Gasteiger partial charge in [0.1, 0.15) is 0 Å². The van der Waals surface area contributed by atoms with Crippen molar-refractivity contribution in [3.8, 4) is 0 Å². The van der Waals surface area contributed by atoms with E-state index < -0.39 is 0 Å². The van der Waals surface area contributed by atoms with Crippen LogP contribution in [0.2, 0.25) is 0 Å². The van der Waals surface area contributed by atoms with Gasteiger partial charge in [-0.05, 0) is 18.4 Å². The van der Waals surface area contributed by atoms with E-state index in [9.17, 15) is 4.79 Å². The van der Waals surface area contributed by atoms with Crippen molar-refractivity contribution in [3.05, 3.63) is 12.2 Å². The maximum absolute atomic E-state index is 10.3. The van der Waals surface area contributed by atoms with Crippen molar-refractivity contribution >= 4 is 23.1 Å². The number of hydrogen-bond donors (Lipinski definition) is 1. The topological polar surface area (TPSA) is 40.9 Å². The number of rotatable bonds is 2. The minimum Gasteiger partial charge on any atom is -0.309 e. The molecule has 0 radical (unpaired) electrons. The van der Waals surface area contributed by atoms with Gasteiger partial charge in [-0.2, -0.15) is 0 Å². The molecule has 0 aromatic rings. The highest BCUT2D eigenvalue weighted by atomic mass is 32.2. The smallest absolute Gasteiger partial charge is 0.211 e. The molecule has 0 saturated heterocycles. The van der Waals surface area contributed by atoms with Crippen molar-refractivity contribution in [1.82, 2.24) is 0 Å². The van der Waals surface area contributed by atoms with Gasteiger partial charge < -0.3 is 5.41 Å². The zero-order valence-corrected chi connectivity index (χ0v) is 5.37. The average molecular weight is 129 g/mol. The molecule has 1 N–H and O–H groups in total. The van der Waals surface area contributed by atoms with E-state index in [0.29, 0.717) is 0 Å². The van der Waals surface area contributed by atoms with Crippen LogP contribution >= 0.6 is 11.8 Å². The third kappa shape index (κ3) is 3.61. The molecular formula is C5H7NOS. The summed E-state index contributed by atoms with van der Waals surface area (Å²) in [7, 11) is 0. The molecule has 0 fully saturated rings. The Morgan fingerprint density at radius 1 is 1.75 bits per heavy atom. The Balaban J connectivity index is 3.52. The Morgan fingerprint density at radius 2 is 2.38 bits per heavy atom. The molecule has 0 aromatic carbocycles. The van der Waals surface area contributed by atoms with Gasteiger partial charge in [0.05, 0.1) is 0 Å². The lowest BCUT2D eigenvalue weighted by molar-refractivity contribution is -0.107. The SMILES string of the molecule is CSC(=O)/C=C/C=N. The summed E-state index contributed by atoms with van der Waals surface area (Å²) in [4.78, 5) is 10.3. The number of thioether (sulfide) groups is 1. The lowest BCUT2D eigenvalue weighted by Gasteiger charge is -1.78. The Morgan fingerprint density at radius 3 is 2.75 bits per heavy atom. The van der Waals surface area contributed by atoms with Crippen molar-refractivity contribution in [2.24, 2.45) is 0 Å². The normalized spacial score (nSPS) is 9.62. The summed E-state index contributed by atoms with van der Waals surface area (Å²) < 4.78 is 0. The van der Waals surface area contributed by atoms with Crippen LogP contribution in [0.25, 0.3) is 0 Å². The second kappa shape index (κ2) is 4.59. The molecule has 0 aromatic heterocycles. The Hall–Kier alpha value is -0.570. The standard InChI is InChI=1S/C5H7NOS/c1-8-5(7)3-2-4-6/h2-4,6H,1H3/b3-2+,6-4?. The van der Waals surface area contributed by atoms with Gasteiger partial charge in [-0.3, -0.25) is 4.79 Å². The van der Waals surface area contributed by atoms with Gasteiger partial charge in [0.15, 0.2) is 0 Å². The van der Waals surface area contributed by atoms with Gasteiger partial charge in [-0.1, -0.05) is 11.8 Å². The third-order valence-electron chi connectivity index (χ3n) is 0.530. The van der Waals surface area contributed by atoms with E-state index in [1.807, 2.05) is 0 Å². The zero-order chi connectivity index (χ0) is 6.41. The molecule has 0 aliphatic rings. The van der Waals surface area contributed by atoms with Crippen LogP contribution in [-0.4, -0.2) is 17.6 Å². The fraction of sp³-hybridized carbons (Fsp3) is 0.200. The number of carbonyl (C=O) groups is 1. The molecule has 3 heteroatoms. The van der Waals surface area contributed by atoms with Crippen LogP contribution < -0.4 is 0 Å². The summed E-state index contributed by atoms with van der Waals surface area (Å²) >= 11 is 1.14. The van der Waals surface area contributed by atoms with Crippen molar-refractivity contribution in [3.63, 3.8) is 0 Å². The van der Waals surface area contributed by atoms with Crippen molar-refractivity contribution in [2.75, 3.05) is 6.26 Å². The highest BCUT2D eigenvalue weighted by Gasteiger charge is 1.85. The van der Waals surface area contributed by atoms with Crippen LogP contribution in [-0.2, 0) is 4.79 Å². The number of allylic oxidation sites excluding steroid dienone is 1.